The molecule has 0 aromatic carbocycles. The molecule has 0 spiro atoms. The van der Waals surface area contributed by atoms with Crippen molar-refractivity contribution < 1.29 is 80.2 Å². The fraction of sp³-hybridized carbons (Fsp3) is 0.947. The van der Waals surface area contributed by atoms with Crippen LogP contribution in [-0.4, -0.2) is 96.7 Å². The molecule has 95 heavy (non-hydrogen) atoms. The summed E-state index contributed by atoms with van der Waals surface area (Å²) < 4.78 is 68.3. The van der Waals surface area contributed by atoms with Gasteiger partial charge < -0.3 is 33.8 Å². The Balaban J connectivity index is 5.13. The summed E-state index contributed by atoms with van der Waals surface area (Å²) >= 11 is 0. The van der Waals surface area contributed by atoms with Crippen LogP contribution in [0.15, 0.2) is 0 Å². The van der Waals surface area contributed by atoms with Gasteiger partial charge in [-0.15, -0.1) is 0 Å². The molecule has 5 atom stereocenters. The van der Waals surface area contributed by atoms with E-state index in [-0.39, 0.29) is 25.7 Å². The van der Waals surface area contributed by atoms with Crippen molar-refractivity contribution in [2.24, 2.45) is 17.8 Å². The van der Waals surface area contributed by atoms with E-state index >= 15 is 0 Å². The second-order valence-corrected chi connectivity index (χ2v) is 31.7. The van der Waals surface area contributed by atoms with E-state index in [2.05, 4.69) is 48.5 Å². The molecule has 3 N–H and O–H groups in total. The molecule has 2 unspecified atom stereocenters. The van der Waals surface area contributed by atoms with Gasteiger partial charge in [-0.2, -0.15) is 0 Å². The topological polar surface area (TPSA) is 237 Å². The maximum Gasteiger partial charge on any atom is 0.472 e. The van der Waals surface area contributed by atoms with E-state index in [9.17, 15) is 43.2 Å². The molecule has 0 heterocycles. The standard InChI is InChI=1S/C76H148O17P2/c1-8-9-10-40-50-57-73(78)86-63-71(92-75(80)60-53-46-39-33-27-21-24-30-36-43-49-56-69(6)7)65-90-94(82,83)88-61-70(77)62-89-95(84,85)91-66-72(64-87-74(79)58-51-44-37-31-25-20-19-23-29-35-42-48-55-68(4)5)93-76(81)59-52-45-38-32-26-18-16-14-12-11-13-15-17-22-28-34-41-47-54-67(2)3/h67-72,77H,8-66H2,1-7H3,(H,82,83)(H,84,85)/t70-,71+,72+/m0/s1. The Labute approximate surface area is 581 Å². The number of esters is 4. The van der Waals surface area contributed by atoms with E-state index in [0.717, 1.165) is 114 Å². The molecule has 0 aromatic heterocycles. The molecule has 0 saturated heterocycles. The van der Waals surface area contributed by atoms with Gasteiger partial charge in [0.2, 0.25) is 0 Å². The molecule has 19 heteroatoms. The maximum atomic E-state index is 13.1. The summed E-state index contributed by atoms with van der Waals surface area (Å²) in [4.78, 5) is 72.5. The van der Waals surface area contributed by atoms with Gasteiger partial charge in [0.05, 0.1) is 26.4 Å². The van der Waals surface area contributed by atoms with Gasteiger partial charge in [-0.25, -0.2) is 9.13 Å². The minimum absolute atomic E-state index is 0.105. The summed E-state index contributed by atoms with van der Waals surface area (Å²) in [5.41, 5.74) is 0. The van der Waals surface area contributed by atoms with Crippen LogP contribution in [0.4, 0.5) is 0 Å². The van der Waals surface area contributed by atoms with Crippen molar-refractivity contribution in [1.82, 2.24) is 0 Å². The lowest BCUT2D eigenvalue weighted by atomic mass is 10.0. The summed E-state index contributed by atoms with van der Waals surface area (Å²) in [6.45, 7) is 11.9. The summed E-state index contributed by atoms with van der Waals surface area (Å²) in [5, 5.41) is 10.6. The molecule has 564 valence electrons. The van der Waals surface area contributed by atoms with Gasteiger partial charge in [0.25, 0.3) is 0 Å². The molecule has 0 amide bonds. The number of phosphoric ester groups is 2. The number of carbonyl (C=O) groups is 4. The number of rotatable bonds is 74. The number of unbranched alkanes of at least 4 members (excludes halogenated alkanes) is 42. The minimum Gasteiger partial charge on any atom is -0.462 e. The first kappa shape index (κ1) is 93.1. The predicted octanol–water partition coefficient (Wildman–Crippen LogP) is 22.2. The fourth-order valence-corrected chi connectivity index (χ4v) is 13.2. The molecule has 0 radical (unpaired) electrons. The van der Waals surface area contributed by atoms with Crippen LogP contribution in [0.2, 0.25) is 0 Å². The molecule has 0 aliphatic carbocycles. The van der Waals surface area contributed by atoms with Crippen molar-refractivity contribution in [3.8, 4) is 0 Å². The zero-order valence-electron chi connectivity index (χ0n) is 62.1. The zero-order valence-corrected chi connectivity index (χ0v) is 63.9. The lowest BCUT2D eigenvalue weighted by Gasteiger charge is -2.21. The summed E-state index contributed by atoms with van der Waals surface area (Å²) in [6.07, 6.45) is 53.2. The Morgan fingerprint density at radius 3 is 0.716 bits per heavy atom. The molecule has 17 nitrogen and oxygen atoms in total. The van der Waals surface area contributed by atoms with Crippen LogP contribution in [0.1, 0.15) is 389 Å². The Morgan fingerprint density at radius 2 is 0.484 bits per heavy atom. The third-order valence-electron chi connectivity index (χ3n) is 17.6. The molecule has 0 bridgehead atoms. The molecular weight excluding hydrogens is 1250 g/mol. The number of phosphoric acid groups is 2. The van der Waals surface area contributed by atoms with Crippen molar-refractivity contribution in [1.29, 1.82) is 0 Å². The van der Waals surface area contributed by atoms with Gasteiger partial charge >= 0.3 is 39.5 Å². The third-order valence-corrected chi connectivity index (χ3v) is 19.5. The Kier molecular flexibility index (Phi) is 65.2. The number of hydrogen-bond donors (Lipinski definition) is 3. The van der Waals surface area contributed by atoms with Crippen LogP contribution in [0.5, 0.6) is 0 Å². The Bertz CT molecular complexity index is 1850. The highest BCUT2D eigenvalue weighted by Crippen LogP contribution is 2.45. The smallest absolute Gasteiger partial charge is 0.462 e. The molecule has 0 aliphatic heterocycles. The van der Waals surface area contributed by atoms with E-state index in [4.69, 9.17) is 37.0 Å². The number of hydrogen-bond acceptors (Lipinski definition) is 15. The minimum atomic E-state index is -4.96. The van der Waals surface area contributed by atoms with Crippen LogP contribution in [-0.2, 0) is 65.4 Å². The van der Waals surface area contributed by atoms with Crippen molar-refractivity contribution in [3.05, 3.63) is 0 Å². The number of aliphatic hydroxyl groups excluding tert-OH is 1. The van der Waals surface area contributed by atoms with Crippen LogP contribution in [0.25, 0.3) is 0 Å². The van der Waals surface area contributed by atoms with E-state index in [1.165, 1.54) is 193 Å². The first-order valence-corrected chi connectivity index (χ1v) is 42.3. The molecule has 0 aliphatic rings. The predicted molar refractivity (Wildman–Crippen MR) is 386 cm³/mol. The lowest BCUT2D eigenvalue weighted by molar-refractivity contribution is -0.161. The van der Waals surface area contributed by atoms with Crippen LogP contribution in [0.3, 0.4) is 0 Å². The van der Waals surface area contributed by atoms with E-state index in [1.54, 1.807) is 0 Å². The molecule has 0 rings (SSSR count). The van der Waals surface area contributed by atoms with Gasteiger partial charge in [-0.05, 0) is 43.4 Å². The highest BCUT2D eigenvalue weighted by Gasteiger charge is 2.30. The van der Waals surface area contributed by atoms with Crippen molar-refractivity contribution in [2.75, 3.05) is 39.6 Å². The highest BCUT2D eigenvalue weighted by atomic mass is 31.2. The van der Waals surface area contributed by atoms with Crippen LogP contribution >= 0.6 is 15.6 Å². The van der Waals surface area contributed by atoms with Gasteiger partial charge in [-0.1, -0.05) is 337 Å². The zero-order chi connectivity index (χ0) is 70.1. The molecular formula is C76H148O17P2. The Morgan fingerprint density at radius 1 is 0.284 bits per heavy atom. The van der Waals surface area contributed by atoms with Crippen molar-refractivity contribution in [2.45, 2.75) is 407 Å². The van der Waals surface area contributed by atoms with Crippen LogP contribution in [0, 0.1) is 17.8 Å². The van der Waals surface area contributed by atoms with Gasteiger partial charge in [0.1, 0.15) is 19.3 Å². The first-order valence-electron chi connectivity index (χ1n) is 39.3. The first-order chi connectivity index (χ1) is 45.7. The normalized spacial score (nSPS) is 14.1. The lowest BCUT2D eigenvalue weighted by Crippen LogP contribution is -2.30. The third kappa shape index (κ3) is 70.3. The average molecular weight is 1400 g/mol. The van der Waals surface area contributed by atoms with Crippen molar-refractivity contribution >= 4 is 39.5 Å². The monoisotopic (exact) mass is 1400 g/mol. The number of aliphatic hydroxyl groups is 1. The number of ether oxygens (including phenoxy) is 4. The molecule has 0 saturated carbocycles. The molecule has 0 fully saturated rings. The maximum absolute atomic E-state index is 13.1. The number of carbonyl (C=O) groups excluding carboxylic acids is 4. The van der Waals surface area contributed by atoms with Crippen LogP contribution < -0.4 is 0 Å². The van der Waals surface area contributed by atoms with Crippen molar-refractivity contribution in [3.63, 3.8) is 0 Å². The Hall–Kier alpha value is -1.94. The second-order valence-electron chi connectivity index (χ2n) is 28.8. The largest absolute Gasteiger partial charge is 0.472 e. The van der Waals surface area contributed by atoms with E-state index in [0.29, 0.717) is 25.7 Å². The average Bonchev–Trinajstić information content (AvgIpc) is 1.62. The second kappa shape index (κ2) is 66.6. The van der Waals surface area contributed by atoms with E-state index in [1.807, 2.05) is 0 Å². The summed E-state index contributed by atoms with van der Waals surface area (Å²) in [5.74, 6) is 0.239. The van der Waals surface area contributed by atoms with Gasteiger partial charge in [0, 0.05) is 25.7 Å². The fourth-order valence-electron chi connectivity index (χ4n) is 11.6. The SMILES string of the molecule is CCCCCCCC(=O)OC[C@H](COP(=O)(O)OC[C@H](O)COP(=O)(O)OC[C@@H](COC(=O)CCCCCCCCCCCCCCC(C)C)OC(=O)CCCCCCCCCCCCCCCCCCCCC(C)C)OC(=O)CCCCCCCCCCCCCC(C)C. The van der Waals surface area contributed by atoms with E-state index < -0.39 is 97.5 Å². The summed E-state index contributed by atoms with van der Waals surface area (Å²) in [6, 6.07) is 0. The summed E-state index contributed by atoms with van der Waals surface area (Å²) in [7, 11) is -9.90. The highest BCUT2D eigenvalue weighted by molar-refractivity contribution is 7.47. The van der Waals surface area contributed by atoms with Gasteiger partial charge in [-0.3, -0.25) is 37.3 Å². The molecule has 0 aromatic rings. The quantitative estimate of drug-likeness (QED) is 0.0222. The van der Waals surface area contributed by atoms with Gasteiger partial charge in [0.15, 0.2) is 12.2 Å².